The van der Waals surface area contributed by atoms with E-state index in [4.69, 9.17) is 4.74 Å². The van der Waals surface area contributed by atoms with Gasteiger partial charge in [0.1, 0.15) is 5.60 Å². The third kappa shape index (κ3) is 3.50. The Kier molecular flexibility index (Phi) is 4.18. The van der Waals surface area contributed by atoms with E-state index >= 15 is 0 Å². The Morgan fingerprint density at radius 2 is 1.81 bits per heavy atom. The highest BCUT2D eigenvalue weighted by atomic mass is 79.9. The van der Waals surface area contributed by atoms with Crippen LogP contribution in [0.4, 0.5) is 0 Å². The number of halogens is 1. The minimum atomic E-state index is -0.579. The smallest absolute Gasteiger partial charge is 0.308 e. The zero-order chi connectivity index (χ0) is 15.8. The van der Waals surface area contributed by atoms with Crippen molar-refractivity contribution in [2.45, 2.75) is 32.8 Å². The van der Waals surface area contributed by atoms with Crippen molar-refractivity contribution in [3.63, 3.8) is 0 Å². The monoisotopic (exact) mass is 353 g/mol. The molecule has 0 unspecified atom stereocenters. The molecule has 1 aromatic carbocycles. The lowest BCUT2D eigenvalue weighted by molar-refractivity contribution is -0.154. The summed E-state index contributed by atoms with van der Waals surface area (Å²) >= 11 is 3.27. The van der Waals surface area contributed by atoms with E-state index in [1.165, 1.54) is 0 Å². The van der Waals surface area contributed by atoms with E-state index in [0.29, 0.717) is 11.1 Å². The number of hydrogen-bond acceptors (Lipinski definition) is 4. The van der Waals surface area contributed by atoms with Crippen molar-refractivity contribution in [2.24, 2.45) is 0 Å². The molecule has 0 atom stereocenters. The topological polar surface area (TPSA) is 63.7 Å². The van der Waals surface area contributed by atoms with Crippen LogP contribution in [0.15, 0.2) is 22.7 Å². The van der Waals surface area contributed by atoms with Crippen molar-refractivity contribution < 1.29 is 19.1 Å². The van der Waals surface area contributed by atoms with Gasteiger partial charge >= 0.3 is 5.97 Å². The standard InChI is InChI=1S/C15H16BrNO4/c1-15(2,3)21-12(18)6-7-17-13(19)10-5-4-9(16)8-11(10)14(17)20/h4-5,8H,6-7H2,1-3H3. The van der Waals surface area contributed by atoms with E-state index in [0.717, 1.165) is 9.37 Å². The summed E-state index contributed by atoms with van der Waals surface area (Å²) < 4.78 is 5.90. The summed E-state index contributed by atoms with van der Waals surface area (Å²) in [5, 5.41) is 0. The molecule has 1 heterocycles. The number of rotatable bonds is 3. The van der Waals surface area contributed by atoms with E-state index < -0.39 is 11.6 Å². The molecule has 21 heavy (non-hydrogen) atoms. The van der Waals surface area contributed by atoms with E-state index in [1.807, 2.05) is 0 Å². The average molecular weight is 354 g/mol. The van der Waals surface area contributed by atoms with Crippen LogP contribution in [0.2, 0.25) is 0 Å². The molecule has 1 aromatic rings. The number of imide groups is 1. The molecule has 1 aliphatic heterocycles. The summed E-state index contributed by atoms with van der Waals surface area (Å²) in [5.74, 6) is -1.17. The Morgan fingerprint density at radius 3 is 2.43 bits per heavy atom. The Morgan fingerprint density at radius 1 is 1.19 bits per heavy atom. The molecule has 5 nitrogen and oxygen atoms in total. The van der Waals surface area contributed by atoms with Gasteiger partial charge in [-0.3, -0.25) is 19.3 Å². The Bertz CT molecular complexity index is 619. The van der Waals surface area contributed by atoms with Gasteiger partial charge in [0, 0.05) is 11.0 Å². The van der Waals surface area contributed by atoms with Crippen LogP contribution < -0.4 is 0 Å². The summed E-state index contributed by atoms with van der Waals surface area (Å²) in [5.41, 5.74) is 0.148. The zero-order valence-corrected chi connectivity index (χ0v) is 13.7. The first-order valence-corrected chi connectivity index (χ1v) is 7.36. The van der Waals surface area contributed by atoms with Crippen molar-refractivity contribution in [2.75, 3.05) is 6.54 Å². The predicted molar refractivity (Wildman–Crippen MR) is 80.0 cm³/mol. The number of esters is 1. The highest BCUT2D eigenvalue weighted by Gasteiger charge is 2.35. The second-order valence-corrected chi connectivity index (χ2v) is 6.70. The summed E-state index contributed by atoms with van der Waals surface area (Å²) in [6, 6.07) is 4.93. The van der Waals surface area contributed by atoms with Gasteiger partial charge in [0.25, 0.3) is 11.8 Å². The summed E-state index contributed by atoms with van der Waals surface area (Å²) in [6.45, 7) is 5.33. The second-order valence-electron chi connectivity index (χ2n) is 5.79. The Labute approximate surface area is 131 Å². The molecule has 0 spiro atoms. The maximum absolute atomic E-state index is 12.2. The Balaban J connectivity index is 2.05. The first-order chi connectivity index (χ1) is 9.69. The van der Waals surface area contributed by atoms with Crippen molar-refractivity contribution in [1.29, 1.82) is 0 Å². The van der Waals surface area contributed by atoms with E-state index in [9.17, 15) is 14.4 Å². The number of carbonyl (C=O) groups excluding carboxylic acids is 3. The van der Waals surface area contributed by atoms with Gasteiger partial charge in [0.15, 0.2) is 0 Å². The van der Waals surface area contributed by atoms with Crippen LogP contribution in [0.1, 0.15) is 47.9 Å². The van der Waals surface area contributed by atoms with Crippen LogP contribution in [0.25, 0.3) is 0 Å². The first kappa shape index (κ1) is 15.7. The van der Waals surface area contributed by atoms with Crippen molar-refractivity contribution in [1.82, 2.24) is 4.90 Å². The zero-order valence-electron chi connectivity index (χ0n) is 12.1. The predicted octanol–water partition coefficient (Wildman–Crippen LogP) is 2.78. The quantitative estimate of drug-likeness (QED) is 0.619. The lowest BCUT2D eigenvalue weighted by Gasteiger charge is -2.20. The highest BCUT2D eigenvalue weighted by molar-refractivity contribution is 9.10. The molecule has 112 valence electrons. The fraction of sp³-hybridized carbons (Fsp3) is 0.400. The van der Waals surface area contributed by atoms with Crippen LogP contribution in [-0.2, 0) is 9.53 Å². The molecule has 0 fully saturated rings. The molecule has 1 aliphatic rings. The molecule has 6 heteroatoms. The number of nitrogens with zero attached hydrogens (tertiary/aromatic N) is 1. The first-order valence-electron chi connectivity index (χ1n) is 6.56. The minimum Gasteiger partial charge on any atom is -0.460 e. The maximum Gasteiger partial charge on any atom is 0.308 e. The summed E-state index contributed by atoms with van der Waals surface area (Å²) in [6.07, 6.45) is -0.0100. The fourth-order valence-corrected chi connectivity index (χ4v) is 2.42. The average Bonchev–Trinajstić information content (AvgIpc) is 2.57. The molecule has 0 saturated carbocycles. The fourth-order valence-electron chi connectivity index (χ4n) is 2.06. The number of amides is 2. The van der Waals surface area contributed by atoms with Crippen LogP contribution >= 0.6 is 15.9 Å². The third-order valence-corrected chi connectivity index (χ3v) is 3.39. The SMILES string of the molecule is CC(C)(C)OC(=O)CCN1C(=O)c2ccc(Br)cc2C1=O. The van der Waals surface area contributed by atoms with E-state index in [-0.39, 0.29) is 24.8 Å². The lowest BCUT2D eigenvalue weighted by Crippen LogP contribution is -2.33. The number of benzene rings is 1. The number of ether oxygens (including phenoxy) is 1. The van der Waals surface area contributed by atoms with Crippen LogP contribution in [-0.4, -0.2) is 34.8 Å². The van der Waals surface area contributed by atoms with Gasteiger partial charge in [0.2, 0.25) is 0 Å². The normalized spacial score (nSPS) is 14.4. The minimum absolute atomic E-state index is 0.0100. The molecule has 0 saturated heterocycles. The van der Waals surface area contributed by atoms with E-state index in [1.54, 1.807) is 39.0 Å². The van der Waals surface area contributed by atoms with Gasteiger partial charge in [-0.2, -0.15) is 0 Å². The second kappa shape index (κ2) is 5.60. The maximum atomic E-state index is 12.2. The van der Waals surface area contributed by atoms with Crippen molar-refractivity contribution in [3.8, 4) is 0 Å². The number of carbonyl (C=O) groups is 3. The van der Waals surface area contributed by atoms with Crippen LogP contribution in [0.5, 0.6) is 0 Å². The molecule has 2 amide bonds. The van der Waals surface area contributed by atoms with Crippen molar-refractivity contribution in [3.05, 3.63) is 33.8 Å². The van der Waals surface area contributed by atoms with Gasteiger partial charge in [-0.15, -0.1) is 0 Å². The number of fused-ring (bicyclic) bond motifs is 1. The van der Waals surface area contributed by atoms with E-state index in [2.05, 4.69) is 15.9 Å². The molecule has 0 aliphatic carbocycles. The lowest BCUT2D eigenvalue weighted by atomic mass is 10.1. The van der Waals surface area contributed by atoms with Crippen LogP contribution in [0.3, 0.4) is 0 Å². The molecular weight excluding hydrogens is 338 g/mol. The van der Waals surface area contributed by atoms with Gasteiger partial charge in [-0.1, -0.05) is 15.9 Å². The molecular formula is C15H16BrNO4. The van der Waals surface area contributed by atoms with Gasteiger partial charge < -0.3 is 4.74 Å². The summed E-state index contributed by atoms with van der Waals surface area (Å²) in [4.78, 5) is 37.1. The molecule has 0 N–H and O–H groups in total. The van der Waals surface area contributed by atoms with Gasteiger partial charge in [-0.05, 0) is 39.0 Å². The molecule has 0 aromatic heterocycles. The van der Waals surface area contributed by atoms with Crippen molar-refractivity contribution >= 4 is 33.7 Å². The van der Waals surface area contributed by atoms with Crippen LogP contribution in [0, 0.1) is 0 Å². The summed E-state index contributed by atoms with van der Waals surface area (Å²) in [7, 11) is 0. The van der Waals surface area contributed by atoms with Gasteiger partial charge in [0.05, 0.1) is 17.5 Å². The van der Waals surface area contributed by atoms with Gasteiger partial charge in [-0.25, -0.2) is 0 Å². The number of hydrogen-bond donors (Lipinski definition) is 0. The molecule has 2 rings (SSSR count). The highest BCUT2D eigenvalue weighted by Crippen LogP contribution is 2.26. The molecule has 0 radical (unpaired) electrons. The molecule has 0 bridgehead atoms. The Hall–Kier alpha value is -1.69. The largest absolute Gasteiger partial charge is 0.460 e. The third-order valence-electron chi connectivity index (χ3n) is 2.89.